The van der Waals surface area contributed by atoms with Gasteiger partial charge < -0.3 is 24.4 Å². The van der Waals surface area contributed by atoms with Crippen molar-refractivity contribution in [1.82, 2.24) is 4.90 Å². The van der Waals surface area contributed by atoms with Crippen molar-refractivity contribution in [3.63, 3.8) is 0 Å². The van der Waals surface area contributed by atoms with Gasteiger partial charge in [0.2, 0.25) is 5.91 Å². The minimum atomic E-state index is -1.38. The standard InChI is InChI=1S/C31H40N2O6/c1-6-30-12-7-8-15-38-29(37)25(30)24-27(35)33(22(18-34)16-19(2)3)26-28(36)32(14-9-13-31(24,26)39-30)23-17-20(4)10-11-21(23)5/h7,9-13,17,19,22,24-26,34H,6,8,14-16,18H2,1-5H3/t22-,24+,25+,26?,30-,31+/m1/s1. The van der Waals surface area contributed by atoms with Crippen LogP contribution in [-0.4, -0.2) is 70.8 Å². The molecule has 210 valence electrons. The second-order valence-corrected chi connectivity index (χ2v) is 11.8. The molecule has 8 heteroatoms. The maximum absolute atomic E-state index is 14.7. The van der Waals surface area contributed by atoms with Crippen molar-refractivity contribution in [2.45, 2.75) is 77.2 Å². The number of hydrogen-bond acceptors (Lipinski definition) is 6. The van der Waals surface area contributed by atoms with Crippen molar-refractivity contribution in [3.8, 4) is 0 Å². The number of ether oxygens (including phenoxy) is 2. The Balaban J connectivity index is 1.71. The summed E-state index contributed by atoms with van der Waals surface area (Å²) in [7, 11) is 0. The SMILES string of the molecule is CC[C@@]12C=CCCOC(=O)[C@@H]1[C@H]1C(=O)N([C@@H](CO)CC(C)C)C3C(=O)N(c4cc(C)ccc4C)CC=C[C@@]31O2. The smallest absolute Gasteiger partial charge is 0.313 e. The predicted molar refractivity (Wildman–Crippen MR) is 147 cm³/mol. The van der Waals surface area contributed by atoms with E-state index in [1.165, 1.54) is 4.90 Å². The molecule has 0 bridgehead atoms. The van der Waals surface area contributed by atoms with Gasteiger partial charge in [-0.15, -0.1) is 0 Å². The number of benzene rings is 1. The minimum absolute atomic E-state index is 0.169. The summed E-state index contributed by atoms with van der Waals surface area (Å²) in [6.07, 6.45) is 9.09. The monoisotopic (exact) mass is 536 g/mol. The number of cyclic esters (lactones) is 1. The van der Waals surface area contributed by atoms with Crippen LogP contribution in [0, 0.1) is 31.6 Å². The van der Waals surface area contributed by atoms with Gasteiger partial charge in [0.1, 0.15) is 23.2 Å². The van der Waals surface area contributed by atoms with Crippen LogP contribution in [0.2, 0.25) is 0 Å². The zero-order valence-electron chi connectivity index (χ0n) is 23.6. The number of aliphatic hydroxyl groups is 1. The first-order chi connectivity index (χ1) is 18.6. The van der Waals surface area contributed by atoms with Crippen molar-refractivity contribution in [1.29, 1.82) is 0 Å². The van der Waals surface area contributed by atoms with Gasteiger partial charge in [-0.1, -0.05) is 57.2 Å². The molecule has 0 aromatic heterocycles. The van der Waals surface area contributed by atoms with Crippen molar-refractivity contribution >= 4 is 23.5 Å². The summed E-state index contributed by atoms with van der Waals surface area (Å²) in [5.41, 5.74) is 0.283. The van der Waals surface area contributed by atoms with E-state index in [1.54, 1.807) is 4.90 Å². The normalized spacial score (nSPS) is 32.9. The zero-order chi connectivity index (χ0) is 28.1. The van der Waals surface area contributed by atoms with Crippen LogP contribution in [0.4, 0.5) is 5.69 Å². The molecule has 1 aromatic carbocycles. The van der Waals surface area contributed by atoms with Crippen LogP contribution in [0.3, 0.4) is 0 Å². The maximum atomic E-state index is 14.7. The number of nitrogens with zero attached hydrogens (tertiary/aromatic N) is 2. The summed E-state index contributed by atoms with van der Waals surface area (Å²) < 4.78 is 12.6. The lowest BCUT2D eigenvalue weighted by atomic mass is 9.73. The molecule has 1 N–H and O–H groups in total. The highest BCUT2D eigenvalue weighted by Crippen LogP contribution is 2.59. The van der Waals surface area contributed by atoms with Crippen LogP contribution in [0.25, 0.3) is 0 Å². The fourth-order valence-electron chi connectivity index (χ4n) is 7.11. The number of rotatable bonds is 6. The quantitative estimate of drug-likeness (QED) is 0.442. The van der Waals surface area contributed by atoms with E-state index in [0.717, 1.165) is 16.8 Å². The summed E-state index contributed by atoms with van der Waals surface area (Å²) in [5.74, 6) is -2.77. The van der Waals surface area contributed by atoms with Gasteiger partial charge in [0.15, 0.2) is 0 Å². The molecular weight excluding hydrogens is 496 g/mol. The van der Waals surface area contributed by atoms with E-state index in [1.807, 2.05) is 77.1 Å². The first kappa shape index (κ1) is 27.6. The Morgan fingerprint density at radius 2 is 1.85 bits per heavy atom. The number of amides is 2. The largest absolute Gasteiger partial charge is 0.465 e. The maximum Gasteiger partial charge on any atom is 0.313 e. The van der Waals surface area contributed by atoms with Gasteiger partial charge in [-0.05, 0) is 56.2 Å². The molecule has 1 unspecified atom stereocenters. The van der Waals surface area contributed by atoms with Gasteiger partial charge >= 0.3 is 5.97 Å². The average molecular weight is 537 g/mol. The van der Waals surface area contributed by atoms with E-state index in [0.29, 0.717) is 25.8 Å². The first-order valence-electron chi connectivity index (χ1n) is 14.1. The summed E-state index contributed by atoms with van der Waals surface area (Å²) in [6, 6.07) is 4.33. The fourth-order valence-corrected chi connectivity index (χ4v) is 7.11. The summed E-state index contributed by atoms with van der Waals surface area (Å²) >= 11 is 0. The second-order valence-electron chi connectivity index (χ2n) is 11.8. The van der Waals surface area contributed by atoms with Crippen molar-refractivity contribution in [3.05, 3.63) is 53.6 Å². The number of fused-ring (bicyclic) bond motifs is 2. The molecule has 2 saturated heterocycles. The predicted octanol–water partition coefficient (Wildman–Crippen LogP) is 3.48. The van der Waals surface area contributed by atoms with E-state index in [2.05, 4.69) is 0 Å². The third kappa shape index (κ3) is 4.23. The van der Waals surface area contributed by atoms with Gasteiger partial charge in [0.25, 0.3) is 5.91 Å². The number of carbonyl (C=O) groups is 3. The lowest BCUT2D eigenvalue weighted by Crippen LogP contribution is -2.59. The Hall–Kier alpha value is -2.97. The van der Waals surface area contributed by atoms with Gasteiger partial charge in [-0.25, -0.2) is 0 Å². The van der Waals surface area contributed by atoms with Crippen molar-refractivity contribution in [2.24, 2.45) is 17.8 Å². The summed E-state index contributed by atoms with van der Waals surface area (Å²) in [6.45, 7) is 10.2. The zero-order valence-corrected chi connectivity index (χ0v) is 23.6. The number of esters is 1. The summed E-state index contributed by atoms with van der Waals surface area (Å²) in [5, 5.41) is 10.5. The molecule has 4 heterocycles. The highest BCUT2D eigenvalue weighted by atomic mass is 16.6. The van der Waals surface area contributed by atoms with E-state index in [-0.39, 0.29) is 30.9 Å². The molecule has 39 heavy (non-hydrogen) atoms. The van der Waals surface area contributed by atoms with E-state index < -0.39 is 41.1 Å². The molecule has 2 fully saturated rings. The molecule has 5 rings (SSSR count). The lowest BCUT2D eigenvalue weighted by Gasteiger charge is -2.41. The van der Waals surface area contributed by atoms with Crippen LogP contribution in [0.15, 0.2) is 42.5 Å². The minimum Gasteiger partial charge on any atom is -0.465 e. The van der Waals surface area contributed by atoms with Crippen LogP contribution < -0.4 is 4.90 Å². The number of hydrogen-bond donors (Lipinski definition) is 1. The van der Waals surface area contributed by atoms with Gasteiger partial charge in [-0.2, -0.15) is 0 Å². The Morgan fingerprint density at radius 1 is 1.08 bits per heavy atom. The molecule has 1 aromatic rings. The summed E-state index contributed by atoms with van der Waals surface area (Å²) in [4.78, 5) is 46.0. The molecule has 4 aliphatic rings. The molecular formula is C31H40N2O6. The van der Waals surface area contributed by atoms with Crippen molar-refractivity contribution in [2.75, 3.05) is 24.7 Å². The van der Waals surface area contributed by atoms with E-state index in [9.17, 15) is 19.5 Å². The number of aliphatic hydroxyl groups excluding tert-OH is 1. The molecule has 0 saturated carbocycles. The Kier molecular flexibility index (Phi) is 7.22. The molecule has 2 amide bonds. The number of carbonyl (C=O) groups excluding carboxylic acids is 3. The number of likely N-dealkylation sites (tertiary alicyclic amines) is 1. The van der Waals surface area contributed by atoms with Crippen LogP contribution in [0.1, 0.15) is 51.2 Å². The molecule has 4 aliphatic heterocycles. The van der Waals surface area contributed by atoms with Gasteiger partial charge in [0, 0.05) is 12.2 Å². The highest BCUT2D eigenvalue weighted by molar-refractivity contribution is 6.06. The number of anilines is 1. The number of aryl methyl sites for hydroxylation is 2. The molecule has 8 nitrogen and oxygen atoms in total. The Labute approximate surface area is 230 Å². The third-order valence-electron chi connectivity index (χ3n) is 8.84. The van der Waals surface area contributed by atoms with Crippen LogP contribution >= 0.6 is 0 Å². The third-order valence-corrected chi connectivity index (χ3v) is 8.84. The second kappa shape index (κ2) is 10.2. The molecule has 6 atom stereocenters. The topological polar surface area (TPSA) is 96.4 Å². The Bertz CT molecular complexity index is 1220. The Morgan fingerprint density at radius 3 is 2.54 bits per heavy atom. The fraction of sp³-hybridized carbons (Fsp3) is 0.581. The molecule has 0 radical (unpaired) electrons. The van der Waals surface area contributed by atoms with Gasteiger partial charge in [0.05, 0.1) is 25.2 Å². The van der Waals surface area contributed by atoms with E-state index >= 15 is 0 Å². The van der Waals surface area contributed by atoms with Gasteiger partial charge in [-0.3, -0.25) is 14.4 Å². The van der Waals surface area contributed by atoms with Crippen molar-refractivity contribution < 1.29 is 29.0 Å². The first-order valence-corrected chi connectivity index (χ1v) is 14.1. The molecule has 0 aliphatic carbocycles. The average Bonchev–Trinajstić information content (AvgIpc) is 3.24. The highest BCUT2D eigenvalue weighted by Gasteiger charge is 2.76. The van der Waals surface area contributed by atoms with Crippen LogP contribution in [-0.2, 0) is 23.9 Å². The molecule has 1 spiro atoms. The van der Waals surface area contributed by atoms with Crippen LogP contribution in [0.5, 0.6) is 0 Å². The van der Waals surface area contributed by atoms with E-state index in [4.69, 9.17) is 9.47 Å². The lowest BCUT2D eigenvalue weighted by molar-refractivity contribution is -0.162.